The van der Waals surface area contributed by atoms with Crippen LogP contribution >= 0.6 is 11.3 Å². The molecule has 1 amide bonds. The number of Topliss-reactive ketones (excluding diaryl/α,β-unsaturated/α-hetero) is 1. The molecule has 1 aromatic heterocycles. The van der Waals surface area contributed by atoms with E-state index in [4.69, 9.17) is 10.5 Å². The Morgan fingerprint density at radius 2 is 1.81 bits per heavy atom. The zero-order valence-electron chi connectivity index (χ0n) is 17.6. The van der Waals surface area contributed by atoms with E-state index in [0.717, 1.165) is 23.5 Å². The molecule has 0 aliphatic heterocycles. The second kappa shape index (κ2) is 10.1. The predicted molar refractivity (Wildman–Crippen MR) is 111 cm³/mol. The number of hydrogen-bond donors (Lipinski definition) is 2. The molecule has 0 fully saturated rings. The Morgan fingerprint density at radius 1 is 1.19 bits per heavy atom. The molecule has 2 rings (SSSR count). The van der Waals surface area contributed by atoms with Crippen LogP contribution in [0.2, 0.25) is 0 Å². The van der Waals surface area contributed by atoms with Gasteiger partial charge in [0.05, 0.1) is 18.4 Å². The summed E-state index contributed by atoms with van der Waals surface area (Å²) in [6.45, 7) is 6.47. The maximum Gasteiger partial charge on any atom is 0.324 e. The number of halogens is 2. The molecule has 0 aliphatic carbocycles. The molecule has 10 heteroatoms. The first-order valence-electron chi connectivity index (χ1n) is 9.53. The van der Waals surface area contributed by atoms with Crippen molar-refractivity contribution in [2.45, 2.75) is 57.7 Å². The SMILES string of the molecule is C[C@H](NC(=O)Cc1cc(F)cc(F)c1)C(=O)C(c1nccs1)C(N)C(=O)OC(C)(C)C. The number of hydrogen-bond acceptors (Lipinski definition) is 7. The lowest BCUT2D eigenvalue weighted by molar-refractivity contribution is -0.158. The molecule has 0 spiro atoms. The van der Waals surface area contributed by atoms with Gasteiger partial charge in [0.15, 0.2) is 5.78 Å². The minimum atomic E-state index is -1.32. The second-order valence-electron chi connectivity index (χ2n) is 8.05. The molecule has 168 valence electrons. The fourth-order valence-corrected chi connectivity index (χ4v) is 3.67. The first kappa shape index (κ1) is 24.5. The van der Waals surface area contributed by atoms with E-state index in [2.05, 4.69) is 10.3 Å². The number of carbonyl (C=O) groups is 3. The number of nitrogens with one attached hydrogen (secondary N) is 1. The zero-order chi connectivity index (χ0) is 23.3. The molecule has 3 N–H and O–H groups in total. The topological polar surface area (TPSA) is 111 Å². The Balaban J connectivity index is 2.14. The predicted octanol–water partition coefficient (Wildman–Crippen LogP) is 2.49. The average Bonchev–Trinajstić information content (AvgIpc) is 3.13. The fraction of sp³-hybridized carbons (Fsp3) is 0.429. The van der Waals surface area contributed by atoms with Crippen molar-refractivity contribution in [1.82, 2.24) is 10.3 Å². The molecule has 2 unspecified atom stereocenters. The number of nitrogens with two attached hydrogens (primary N) is 1. The summed E-state index contributed by atoms with van der Waals surface area (Å²) in [4.78, 5) is 42.0. The summed E-state index contributed by atoms with van der Waals surface area (Å²) >= 11 is 1.15. The summed E-state index contributed by atoms with van der Waals surface area (Å²) in [6, 6.07) is 0.408. The normalized spacial score (nSPS) is 14.4. The van der Waals surface area contributed by atoms with Crippen molar-refractivity contribution >= 4 is 29.0 Å². The molecule has 0 aliphatic rings. The van der Waals surface area contributed by atoms with E-state index in [-0.39, 0.29) is 12.0 Å². The van der Waals surface area contributed by atoms with Gasteiger partial charge in [-0.2, -0.15) is 0 Å². The molecule has 2 aromatic rings. The Bertz CT molecular complexity index is 924. The largest absolute Gasteiger partial charge is 0.459 e. The molecular weight excluding hydrogens is 428 g/mol. The highest BCUT2D eigenvalue weighted by atomic mass is 32.1. The lowest BCUT2D eigenvalue weighted by Crippen LogP contribution is -2.49. The van der Waals surface area contributed by atoms with E-state index in [1.807, 2.05) is 0 Å². The van der Waals surface area contributed by atoms with Crippen LogP contribution in [0, 0.1) is 11.6 Å². The maximum absolute atomic E-state index is 13.3. The van der Waals surface area contributed by atoms with Gasteiger partial charge in [-0.15, -0.1) is 11.3 Å². The van der Waals surface area contributed by atoms with Crippen molar-refractivity contribution in [2.24, 2.45) is 5.73 Å². The van der Waals surface area contributed by atoms with Crippen molar-refractivity contribution in [1.29, 1.82) is 0 Å². The molecular formula is C21H25F2N3O4S. The van der Waals surface area contributed by atoms with Gasteiger partial charge < -0.3 is 15.8 Å². The van der Waals surface area contributed by atoms with E-state index in [0.29, 0.717) is 11.1 Å². The van der Waals surface area contributed by atoms with Crippen LogP contribution in [0.25, 0.3) is 0 Å². The third-order valence-electron chi connectivity index (χ3n) is 4.15. The van der Waals surface area contributed by atoms with Crippen LogP contribution in [0.1, 0.15) is 44.2 Å². The van der Waals surface area contributed by atoms with Crippen molar-refractivity contribution < 1.29 is 27.9 Å². The first-order chi connectivity index (χ1) is 14.4. The fourth-order valence-electron chi connectivity index (χ4n) is 2.88. The van der Waals surface area contributed by atoms with Crippen molar-refractivity contribution in [2.75, 3.05) is 0 Å². The van der Waals surface area contributed by atoms with Gasteiger partial charge in [0.1, 0.15) is 28.3 Å². The first-order valence-corrected chi connectivity index (χ1v) is 10.4. The van der Waals surface area contributed by atoms with Crippen molar-refractivity contribution in [3.63, 3.8) is 0 Å². The van der Waals surface area contributed by atoms with E-state index in [1.165, 1.54) is 13.1 Å². The molecule has 31 heavy (non-hydrogen) atoms. The van der Waals surface area contributed by atoms with Crippen molar-refractivity contribution in [3.8, 4) is 0 Å². The molecule has 0 saturated heterocycles. The monoisotopic (exact) mass is 453 g/mol. The van der Waals surface area contributed by atoms with Gasteiger partial charge in [0.25, 0.3) is 0 Å². The highest BCUT2D eigenvalue weighted by Crippen LogP contribution is 2.25. The maximum atomic E-state index is 13.3. The lowest BCUT2D eigenvalue weighted by atomic mass is 9.92. The van der Waals surface area contributed by atoms with E-state index >= 15 is 0 Å². The quantitative estimate of drug-likeness (QED) is 0.594. The van der Waals surface area contributed by atoms with Gasteiger partial charge in [-0.05, 0) is 45.4 Å². The summed E-state index contributed by atoms with van der Waals surface area (Å²) in [5, 5.41) is 4.44. The van der Waals surface area contributed by atoms with Crippen molar-refractivity contribution in [3.05, 3.63) is 52.0 Å². The van der Waals surface area contributed by atoms with E-state index in [9.17, 15) is 23.2 Å². The Hall–Kier alpha value is -2.72. The molecule has 0 bridgehead atoms. The summed E-state index contributed by atoms with van der Waals surface area (Å²) in [5.41, 5.74) is 5.38. The summed E-state index contributed by atoms with van der Waals surface area (Å²) < 4.78 is 31.9. The number of esters is 1. The van der Waals surface area contributed by atoms with Crippen LogP contribution in [0.5, 0.6) is 0 Å². The van der Waals surface area contributed by atoms with Gasteiger partial charge in [-0.25, -0.2) is 13.8 Å². The summed E-state index contributed by atoms with van der Waals surface area (Å²) in [5.74, 6) is -4.66. The minimum Gasteiger partial charge on any atom is -0.459 e. The molecule has 1 aromatic carbocycles. The molecule has 0 saturated carbocycles. The van der Waals surface area contributed by atoms with E-state index < -0.39 is 52.9 Å². The minimum absolute atomic E-state index is 0.122. The Labute approximate surface area is 183 Å². The number of rotatable bonds is 8. The molecule has 1 heterocycles. The summed E-state index contributed by atoms with van der Waals surface area (Å²) in [7, 11) is 0. The average molecular weight is 454 g/mol. The number of ketones is 1. The highest BCUT2D eigenvalue weighted by Gasteiger charge is 2.39. The standard InChI is InChI=1S/C21H25F2N3O4S/c1-11(26-15(27)9-12-7-13(22)10-14(23)8-12)18(28)16(19-25-5-6-31-19)17(24)20(29)30-21(2,3)4/h5-8,10-11,16-17H,9,24H2,1-4H3,(H,26,27)/t11-,16?,17?/m0/s1. The zero-order valence-corrected chi connectivity index (χ0v) is 18.5. The van der Waals surface area contributed by atoms with Crippen LogP contribution in [-0.4, -0.2) is 40.3 Å². The Morgan fingerprint density at radius 3 is 2.32 bits per heavy atom. The molecule has 0 radical (unpaired) electrons. The number of benzene rings is 1. The number of carbonyl (C=O) groups excluding carboxylic acids is 3. The van der Waals surface area contributed by atoms with E-state index in [1.54, 1.807) is 26.2 Å². The summed E-state index contributed by atoms with van der Waals surface area (Å²) in [6.07, 6.45) is 1.15. The van der Waals surface area contributed by atoms with Gasteiger partial charge in [0, 0.05) is 17.6 Å². The number of ether oxygens (including phenoxy) is 1. The molecule has 7 nitrogen and oxygen atoms in total. The smallest absolute Gasteiger partial charge is 0.324 e. The van der Waals surface area contributed by atoms with Gasteiger partial charge >= 0.3 is 5.97 Å². The highest BCUT2D eigenvalue weighted by molar-refractivity contribution is 7.09. The third-order valence-corrected chi connectivity index (χ3v) is 5.01. The second-order valence-corrected chi connectivity index (χ2v) is 8.98. The number of thiazole rings is 1. The van der Waals surface area contributed by atoms with Crippen LogP contribution < -0.4 is 11.1 Å². The Kier molecular flexibility index (Phi) is 7.96. The third kappa shape index (κ3) is 7.18. The van der Waals surface area contributed by atoms with Gasteiger partial charge in [-0.1, -0.05) is 0 Å². The van der Waals surface area contributed by atoms with Gasteiger partial charge in [-0.3, -0.25) is 14.4 Å². The lowest BCUT2D eigenvalue weighted by Gasteiger charge is -2.27. The number of amides is 1. The van der Waals surface area contributed by atoms with Crippen LogP contribution in [0.4, 0.5) is 8.78 Å². The van der Waals surface area contributed by atoms with Crippen LogP contribution in [-0.2, 0) is 25.5 Å². The van der Waals surface area contributed by atoms with Gasteiger partial charge in [0.2, 0.25) is 5.91 Å². The number of nitrogens with zero attached hydrogens (tertiary/aromatic N) is 1. The molecule has 3 atom stereocenters. The van der Waals surface area contributed by atoms with Crippen LogP contribution in [0.15, 0.2) is 29.8 Å². The van der Waals surface area contributed by atoms with Crippen LogP contribution in [0.3, 0.4) is 0 Å². The number of aromatic nitrogens is 1.